The second-order valence-electron chi connectivity index (χ2n) is 2.87. The Hall–Kier alpha value is -1.41. The molecule has 0 spiro atoms. The van der Waals surface area contributed by atoms with Gasteiger partial charge in [-0.1, -0.05) is 25.4 Å². The summed E-state index contributed by atoms with van der Waals surface area (Å²) < 4.78 is 3.86. The summed E-state index contributed by atoms with van der Waals surface area (Å²) in [5.41, 5.74) is 5.48. The number of carbonyl (C=O) groups excluding carboxylic acids is 1. The Balaban J connectivity index is 3.29. The Kier molecular flexibility index (Phi) is 2.63. The Morgan fingerprint density at radius 1 is 1.69 bits per heavy atom. The SMILES string of the molecule is [C-]#[N+]c1c(C(N)=O)nsc1C(C)C. The van der Waals surface area contributed by atoms with Gasteiger partial charge in [0.15, 0.2) is 0 Å². The summed E-state index contributed by atoms with van der Waals surface area (Å²) >= 11 is 1.17. The zero-order chi connectivity index (χ0) is 10.0. The Morgan fingerprint density at radius 3 is 2.69 bits per heavy atom. The van der Waals surface area contributed by atoms with Crippen LogP contribution in [0.3, 0.4) is 0 Å². The molecule has 0 fully saturated rings. The number of aromatic nitrogens is 1. The van der Waals surface area contributed by atoms with E-state index in [1.165, 1.54) is 11.5 Å². The highest BCUT2D eigenvalue weighted by molar-refractivity contribution is 7.06. The van der Waals surface area contributed by atoms with Crippen molar-refractivity contribution in [3.63, 3.8) is 0 Å². The summed E-state index contributed by atoms with van der Waals surface area (Å²) in [7, 11) is 0. The molecule has 0 atom stereocenters. The average molecular weight is 195 g/mol. The fourth-order valence-corrected chi connectivity index (χ4v) is 1.75. The van der Waals surface area contributed by atoms with Gasteiger partial charge in [0.05, 0.1) is 6.57 Å². The number of hydrogen-bond donors (Lipinski definition) is 1. The molecule has 0 aliphatic carbocycles. The molecule has 1 aromatic rings. The summed E-state index contributed by atoms with van der Waals surface area (Å²) in [6.07, 6.45) is 0. The lowest BCUT2D eigenvalue weighted by atomic mass is 10.1. The molecule has 0 aromatic carbocycles. The summed E-state index contributed by atoms with van der Waals surface area (Å²) in [4.78, 5) is 14.9. The van der Waals surface area contributed by atoms with Crippen molar-refractivity contribution in [2.45, 2.75) is 19.8 Å². The van der Waals surface area contributed by atoms with Gasteiger partial charge in [0.1, 0.15) is 5.69 Å². The maximum absolute atomic E-state index is 10.8. The molecular weight excluding hydrogens is 186 g/mol. The molecule has 68 valence electrons. The van der Waals surface area contributed by atoms with Crippen LogP contribution in [0.25, 0.3) is 4.85 Å². The van der Waals surface area contributed by atoms with E-state index in [9.17, 15) is 4.79 Å². The summed E-state index contributed by atoms with van der Waals surface area (Å²) in [6.45, 7) is 10.8. The molecule has 0 saturated carbocycles. The van der Waals surface area contributed by atoms with E-state index in [1.807, 2.05) is 13.8 Å². The Labute approximate surface area is 80.4 Å². The van der Waals surface area contributed by atoms with Gasteiger partial charge < -0.3 is 5.73 Å². The molecule has 1 heterocycles. The van der Waals surface area contributed by atoms with Crippen molar-refractivity contribution in [3.05, 3.63) is 22.0 Å². The Morgan fingerprint density at radius 2 is 2.31 bits per heavy atom. The predicted molar refractivity (Wildman–Crippen MR) is 51.0 cm³/mol. The number of primary amides is 1. The first-order valence-corrected chi connectivity index (χ1v) is 4.52. The highest BCUT2D eigenvalue weighted by Crippen LogP contribution is 2.33. The molecule has 5 heteroatoms. The number of nitrogens with two attached hydrogens (primary N) is 1. The van der Waals surface area contributed by atoms with Gasteiger partial charge in [0, 0.05) is 4.88 Å². The van der Waals surface area contributed by atoms with Crippen LogP contribution in [0, 0.1) is 6.57 Å². The number of nitrogens with zero attached hydrogens (tertiary/aromatic N) is 2. The van der Waals surface area contributed by atoms with Gasteiger partial charge in [-0.2, -0.15) is 0 Å². The van der Waals surface area contributed by atoms with Gasteiger partial charge in [-0.05, 0) is 5.92 Å². The fourth-order valence-electron chi connectivity index (χ4n) is 0.947. The quantitative estimate of drug-likeness (QED) is 0.733. The van der Waals surface area contributed by atoms with Crippen LogP contribution < -0.4 is 5.73 Å². The van der Waals surface area contributed by atoms with Gasteiger partial charge in [-0.3, -0.25) is 4.79 Å². The first-order valence-electron chi connectivity index (χ1n) is 3.74. The molecular formula is C8H9N3OS. The molecule has 1 aromatic heterocycles. The summed E-state index contributed by atoms with van der Waals surface area (Å²) in [5.74, 6) is -0.427. The van der Waals surface area contributed by atoms with E-state index in [0.29, 0.717) is 5.69 Å². The maximum Gasteiger partial charge on any atom is 0.257 e. The van der Waals surface area contributed by atoms with E-state index in [4.69, 9.17) is 12.3 Å². The molecule has 1 rings (SSSR count). The molecule has 0 radical (unpaired) electrons. The smallest absolute Gasteiger partial charge is 0.257 e. The van der Waals surface area contributed by atoms with Crippen molar-refractivity contribution in [1.29, 1.82) is 0 Å². The minimum Gasteiger partial charge on any atom is -0.365 e. The molecule has 0 aliphatic rings. The molecule has 0 aliphatic heterocycles. The molecule has 0 saturated heterocycles. The van der Waals surface area contributed by atoms with Crippen molar-refractivity contribution in [2.75, 3.05) is 0 Å². The zero-order valence-corrected chi connectivity index (χ0v) is 8.18. The van der Waals surface area contributed by atoms with Gasteiger partial charge in [0.25, 0.3) is 5.91 Å². The topological polar surface area (TPSA) is 60.3 Å². The maximum atomic E-state index is 10.8. The van der Waals surface area contributed by atoms with Crippen LogP contribution in [0.5, 0.6) is 0 Å². The van der Waals surface area contributed by atoms with Crippen LogP contribution in [-0.4, -0.2) is 10.3 Å². The third kappa shape index (κ3) is 1.68. The average Bonchev–Trinajstić information content (AvgIpc) is 2.46. The largest absolute Gasteiger partial charge is 0.365 e. The summed E-state index contributed by atoms with van der Waals surface area (Å²) in [5, 5.41) is 0. The van der Waals surface area contributed by atoms with Crippen LogP contribution in [-0.2, 0) is 0 Å². The van der Waals surface area contributed by atoms with Crippen molar-refractivity contribution in [1.82, 2.24) is 4.37 Å². The second-order valence-corrected chi connectivity index (χ2v) is 3.68. The standard InChI is InChI=1S/C8H9N3OS/c1-4(2)7-5(10-3)6(8(9)12)11-13-7/h4H,1-2H3,(H2,9,12). The van der Waals surface area contributed by atoms with E-state index in [2.05, 4.69) is 9.22 Å². The number of amides is 1. The molecule has 4 nitrogen and oxygen atoms in total. The minimum atomic E-state index is -0.630. The Bertz CT molecular complexity index is 375. The van der Waals surface area contributed by atoms with Crippen molar-refractivity contribution >= 4 is 23.1 Å². The monoisotopic (exact) mass is 195 g/mol. The predicted octanol–water partition coefficient (Wildman–Crippen LogP) is 1.92. The van der Waals surface area contributed by atoms with E-state index >= 15 is 0 Å². The van der Waals surface area contributed by atoms with Crippen LogP contribution in [0.1, 0.15) is 35.1 Å². The number of carbonyl (C=O) groups is 1. The molecule has 0 bridgehead atoms. The van der Waals surface area contributed by atoms with Crippen molar-refractivity contribution in [2.24, 2.45) is 5.73 Å². The van der Waals surface area contributed by atoms with Crippen LogP contribution in [0.4, 0.5) is 5.69 Å². The van der Waals surface area contributed by atoms with Crippen molar-refractivity contribution < 1.29 is 4.79 Å². The van der Waals surface area contributed by atoms with Crippen molar-refractivity contribution in [3.8, 4) is 0 Å². The molecule has 13 heavy (non-hydrogen) atoms. The van der Waals surface area contributed by atoms with Gasteiger partial charge >= 0.3 is 0 Å². The number of hydrogen-bond acceptors (Lipinski definition) is 3. The first-order chi connectivity index (χ1) is 6.07. The number of rotatable bonds is 2. The molecule has 0 unspecified atom stereocenters. The highest BCUT2D eigenvalue weighted by Gasteiger charge is 2.19. The highest BCUT2D eigenvalue weighted by atomic mass is 32.1. The van der Waals surface area contributed by atoms with Gasteiger partial charge in [-0.15, -0.1) is 0 Å². The van der Waals surface area contributed by atoms with Crippen LogP contribution >= 0.6 is 11.5 Å². The van der Waals surface area contributed by atoms with E-state index < -0.39 is 5.91 Å². The lowest BCUT2D eigenvalue weighted by Crippen LogP contribution is -2.11. The zero-order valence-electron chi connectivity index (χ0n) is 7.37. The van der Waals surface area contributed by atoms with Crippen LogP contribution in [0.15, 0.2) is 0 Å². The van der Waals surface area contributed by atoms with Crippen LogP contribution in [0.2, 0.25) is 0 Å². The third-order valence-corrected chi connectivity index (χ3v) is 2.70. The van der Waals surface area contributed by atoms with E-state index in [0.717, 1.165) is 4.88 Å². The van der Waals surface area contributed by atoms with E-state index in [1.54, 1.807) is 0 Å². The normalized spacial score (nSPS) is 10.0. The summed E-state index contributed by atoms with van der Waals surface area (Å²) in [6, 6.07) is 0. The third-order valence-electron chi connectivity index (χ3n) is 1.56. The lowest BCUT2D eigenvalue weighted by Gasteiger charge is -1.99. The molecule has 2 N–H and O–H groups in total. The lowest BCUT2D eigenvalue weighted by molar-refractivity contribution is 0.0997. The minimum absolute atomic E-state index is 0.101. The van der Waals surface area contributed by atoms with Gasteiger partial charge in [-0.25, -0.2) is 9.22 Å². The van der Waals surface area contributed by atoms with E-state index in [-0.39, 0.29) is 11.6 Å². The second kappa shape index (κ2) is 3.54. The molecule has 1 amide bonds. The van der Waals surface area contributed by atoms with Gasteiger partial charge in [0.2, 0.25) is 5.69 Å². The fraction of sp³-hybridized carbons (Fsp3) is 0.375. The first kappa shape index (κ1) is 9.68.